The molecule has 0 unspecified atom stereocenters. The number of aryl methyl sites for hydroxylation is 1. The summed E-state index contributed by atoms with van der Waals surface area (Å²) in [6.45, 7) is 5.85. The molecular formula is C12H16N2. The zero-order chi connectivity index (χ0) is 10.6. The molecule has 1 N–H and O–H groups in total. The number of benzene rings is 1. The van der Waals surface area contributed by atoms with Gasteiger partial charge in [0.1, 0.15) is 5.54 Å². The van der Waals surface area contributed by atoms with Crippen LogP contribution in [0, 0.1) is 11.3 Å². The lowest BCUT2D eigenvalue weighted by Crippen LogP contribution is -2.28. The molecule has 0 bridgehead atoms. The Morgan fingerprint density at radius 1 is 1.29 bits per heavy atom. The van der Waals surface area contributed by atoms with Gasteiger partial charge in [0.2, 0.25) is 0 Å². The first-order chi connectivity index (χ1) is 6.57. The first-order valence-corrected chi connectivity index (χ1v) is 4.86. The summed E-state index contributed by atoms with van der Waals surface area (Å²) in [5, 5.41) is 12.0. The number of nitrogens with zero attached hydrogens (tertiary/aromatic N) is 1. The topological polar surface area (TPSA) is 35.8 Å². The maximum atomic E-state index is 8.84. The van der Waals surface area contributed by atoms with Gasteiger partial charge in [0.05, 0.1) is 6.07 Å². The average Bonchev–Trinajstić information content (AvgIpc) is 2.19. The lowest BCUT2D eigenvalue weighted by Gasteiger charge is -2.19. The molecule has 0 saturated carbocycles. The molecule has 0 saturated heterocycles. The fourth-order valence-electron chi connectivity index (χ4n) is 1.21. The van der Waals surface area contributed by atoms with Gasteiger partial charge >= 0.3 is 0 Å². The standard InChI is InChI=1S/C12H16N2/c1-4-10-5-7-11(8-6-10)14-12(2,3)9-13/h5-8,14H,4H2,1-3H3. The van der Waals surface area contributed by atoms with Crippen LogP contribution in [0.1, 0.15) is 26.3 Å². The largest absolute Gasteiger partial charge is 0.368 e. The Balaban J connectivity index is 2.75. The van der Waals surface area contributed by atoms with E-state index in [4.69, 9.17) is 5.26 Å². The second-order valence-electron chi connectivity index (χ2n) is 3.91. The van der Waals surface area contributed by atoms with Crippen molar-refractivity contribution in [2.24, 2.45) is 0 Å². The summed E-state index contributed by atoms with van der Waals surface area (Å²) >= 11 is 0. The molecule has 1 rings (SSSR count). The van der Waals surface area contributed by atoms with E-state index < -0.39 is 5.54 Å². The molecule has 0 aliphatic carbocycles. The summed E-state index contributed by atoms with van der Waals surface area (Å²) < 4.78 is 0. The van der Waals surface area contributed by atoms with Crippen LogP contribution in [0.4, 0.5) is 5.69 Å². The molecule has 1 aromatic carbocycles. The molecule has 0 fully saturated rings. The molecule has 0 radical (unpaired) electrons. The molecule has 2 heteroatoms. The van der Waals surface area contributed by atoms with Crippen molar-refractivity contribution in [2.45, 2.75) is 32.7 Å². The maximum Gasteiger partial charge on any atom is 0.119 e. The Morgan fingerprint density at radius 3 is 2.29 bits per heavy atom. The van der Waals surface area contributed by atoms with Crippen LogP contribution < -0.4 is 5.32 Å². The van der Waals surface area contributed by atoms with E-state index >= 15 is 0 Å². The Bertz CT molecular complexity index is 330. The predicted molar refractivity (Wildman–Crippen MR) is 59.1 cm³/mol. The third-order valence-corrected chi connectivity index (χ3v) is 2.10. The molecule has 0 aliphatic rings. The van der Waals surface area contributed by atoms with Gasteiger partial charge in [-0.2, -0.15) is 5.26 Å². The number of rotatable bonds is 3. The van der Waals surface area contributed by atoms with Crippen LogP contribution in [0.2, 0.25) is 0 Å². The smallest absolute Gasteiger partial charge is 0.119 e. The number of hydrogen-bond donors (Lipinski definition) is 1. The van der Waals surface area contributed by atoms with Crippen molar-refractivity contribution in [2.75, 3.05) is 5.32 Å². The van der Waals surface area contributed by atoms with Gasteiger partial charge in [-0.25, -0.2) is 0 Å². The molecule has 2 nitrogen and oxygen atoms in total. The van der Waals surface area contributed by atoms with Crippen LogP contribution in [-0.2, 0) is 6.42 Å². The highest BCUT2D eigenvalue weighted by atomic mass is 15.0. The summed E-state index contributed by atoms with van der Waals surface area (Å²) in [6.07, 6.45) is 1.04. The Hall–Kier alpha value is -1.49. The third-order valence-electron chi connectivity index (χ3n) is 2.10. The summed E-state index contributed by atoms with van der Waals surface area (Å²) in [4.78, 5) is 0. The van der Waals surface area contributed by atoms with Crippen molar-refractivity contribution in [3.05, 3.63) is 29.8 Å². The van der Waals surface area contributed by atoms with Crippen LogP contribution in [0.3, 0.4) is 0 Å². The van der Waals surface area contributed by atoms with E-state index in [0.29, 0.717) is 0 Å². The fraction of sp³-hybridized carbons (Fsp3) is 0.417. The molecule has 1 aromatic rings. The lowest BCUT2D eigenvalue weighted by molar-refractivity contribution is 0.729. The van der Waals surface area contributed by atoms with Crippen molar-refractivity contribution in [1.29, 1.82) is 5.26 Å². The minimum atomic E-state index is -0.506. The molecule has 0 spiro atoms. The monoisotopic (exact) mass is 188 g/mol. The molecule has 14 heavy (non-hydrogen) atoms. The highest BCUT2D eigenvalue weighted by molar-refractivity contribution is 5.48. The van der Waals surface area contributed by atoms with Crippen molar-refractivity contribution < 1.29 is 0 Å². The van der Waals surface area contributed by atoms with Crippen LogP contribution in [0.25, 0.3) is 0 Å². The average molecular weight is 188 g/mol. The van der Waals surface area contributed by atoms with Crippen molar-refractivity contribution >= 4 is 5.69 Å². The second kappa shape index (κ2) is 4.15. The molecule has 0 aliphatic heterocycles. The SMILES string of the molecule is CCc1ccc(NC(C)(C)C#N)cc1. The van der Waals surface area contributed by atoms with Gasteiger partial charge in [-0.3, -0.25) is 0 Å². The van der Waals surface area contributed by atoms with E-state index in [2.05, 4.69) is 30.4 Å². The van der Waals surface area contributed by atoms with Crippen LogP contribution in [0.5, 0.6) is 0 Å². The van der Waals surface area contributed by atoms with E-state index in [-0.39, 0.29) is 0 Å². The molecule has 0 amide bonds. The van der Waals surface area contributed by atoms with E-state index in [1.54, 1.807) is 0 Å². The predicted octanol–water partition coefficient (Wildman–Crippen LogP) is 2.96. The van der Waals surface area contributed by atoms with E-state index in [0.717, 1.165) is 12.1 Å². The minimum absolute atomic E-state index is 0.506. The van der Waals surface area contributed by atoms with Gasteiger partial charge in [-0.1, -0.05) is 19.1 Å². The van der Waals surface area contributed by atoms with Crippen molar-refractivity contribution in [3.63, 3.8) is 0 Å². The third kappa shape index (κ3) is 2.77. The first kappa shape index (κ1) is 10.6. The van der Waals surface area contributed by atoms with Gasteiger partial charge in [0.15, 0.2) is 0 Å². The maximum absolute atomic E-state index is 8.84. The highest BCUT2D eigenvalue weighted by Crippen LogP contribution is 2.15. The van der Waals surface area contributed by atoms with E-state index in [1.807, 2.05) is 26.0 Å². The molecular weight excluding hydrogens is 172 g/mol. The van der Waals surface area contributed by atoms with Gasteiger partial charge in [0.25, 0.3) is 0 Å². The minimum Gasteiger partial charge on any atom is -0.368 e. The highest BCUT2D eigenvalue weighted by Gasteiger charge is 2.14. The van der Waals surface area contributed by atoms with Crippen molar-refractivity contribution in [3.8, 4) is 6.07 Å². The van der Waals surface area contributed by atoms with Gasteiger partial charge < -0.3 is 5.32 Å². The molecule has 0 heterocycles. The Morgan fingerprint density at radius 2 is 1.86 bits per heavy atom. The number of hydrogen-bond acceptors (Lipinski definition) is 2. The number of anilines is 1. The normalized spacial score (nSPS) is 10.7. The number of nitrogens with one attached hydrogen (secondary N) is 1. The van der Waals surface area contributed by atoms with Crippen LogP contribution >= 0.6 is 0 Å². The summed E-state index contributed by atoms with van der Waals surface area (Å²) in [5.41, 5.74) is 1.80. The molecule has 0 atom stereocenters. The van der Waals surface area contributed by atoms with Gasteiger partial charge in [-0.15, -0.1) is 0 Å². The van der Waals surface area contributed by atoms with E-state index in [1.165, 1.54) is 5.56 Å². The first-order valence-electron chi connectivity index (χ1n) is 4.86. The van der Waals surface area contributed by atoms with E-state index in [9.17, 15) is 0 Å². The van der Waals surface area contributed by atoms with Gasteiger partial charge in [0, 0.05) is 5.69 Å². The van der Waals surface area contributed by atoms with Crippen LogP contribution in [0.15, 0.2) is 24.3 Å². The van der Waals surface area contributed by atoms with Crippen LogP contribution in [-0.4, -0.2) is 5.54 Å². The second-order valence-corrected chi connectivity index (χ2v) is 3.91. The summed E-state index contributed by atoms with van der Waals surface area (Å²) in [7, 11) is 0. The molecule has 74 valence electrons. The lowest BCUT2D eigenvalue weighted by atomic mass is 10.1. The van der Waals surface area contributed by atoms with Crippen molar-refractivity contribution in [1.82, 2.24) is 0 Å². The zero-order valence-electron chi connectivity index (χ0n) is 8.96. The molecule has 0 aromatic heterocycles. The summed E-state index contributed by atoms with van der Waals surface area (Å²) in [6, 6.07) is 10.4. The van der Waals surface area contributed by atoms with Gasteiger partial charge in [-0.05, 0) is 38.0 Å². The Kier molecular flexibility index (Phi) is 3.14. The zero-order valence-corrected chi connectivity index (χ0v) is 8.96. The quantitative estimate of drug-likeness (QED) is 0.791. The summed E-state index contributed by atoms with van der Waals surface area (Å²) in [5.74, 6) is 0. The fourth-order valence-corrected chi connectivity index (χ4v) is 1.21. The number of nitriles is 1. The Labute approximate surface area is 85.6 Å².